The summed E-state index contributed by atoms with van der Waals surface area (Å²) in [6.45, 7) is 0. The van der Waals surface area contributed by atoms with Gasteiger partial charge in [-0.05, 0) is 30.5 Å². The van der Waals surface area contributed by atoms with Crippen LogP contribution in [0.25, 0.3) is 0 Å². The Morgan fingerprint density at radius 2 is 2.25 bits per heavy atom. The number of aromatic hydroxyl groups is 1. The molecule has 0 spiro atoms. The summed E-state index contributed by atoms with van der Waals surface area (Å²) in [5, 5.41) is 9.25. The summed E-state index contributed by atoms with van der Waals surface area (Å²) < 4.78 is 0. The molecule has 1 aromatic carbocycles. The molecule has 1 N–H and O–H groups in total. The Labute approximate surface area is 72.4 Å². The molecule has 0 fully saturated rings. The molecule has 1 aliphatic rings. The minimum atomic E-state index is 0.368. The first-order chi connectivity index (χ1) is 5.86. The van der Waals surface area contributed by atoms with Gasteiger partial charge in [0, 0.05) is 5.92 Å². The van der Waals surface area contributed by atoms with E-state index in [0.29, 0.717) is 11.7 Å². The van der Waals surface area contributed by atoms with Gasteiger partial charge < -0.3 is 5.11 Å². The maximum atomic E-state index is 9.25. The number of hydrogen-bond acceptors (Lipinski definition) is 1. The molecular weight excluding hydrogens is 148 g/mol. The third-order valence-electron chi connectivity index (χ3n) is 2.31. The lowest BCUT2D eigenvalue weighted by Gasteiger charge is -2.07. The van der Waals surface area contributed by atoms with E-state index >= 15 is 0 Å². The van der Waals surface area contributed by atoms with Crippen molar-refractivity contribution in [2.75, 3.05) is 0 Å². The van der Waals surface area contributed by atoms with Crippen molar-refractivity contribution in [1.82, 2.24) is 0 Å². The minimum absolute atomic E-state index is 0.368. The van der Waals surface area contributed by atoms with E-state index in [4.69, 9.17) is 0 Å². The van der Waals surface area contributed by atoms with E-state index in [0.717, 1.165) is 0 Å². The van der Waals surface area contributed by atoms with E-state index in [1.807, 2.05) is 12.1 Å². The minimum Gasteiger partial charge on any atom is -0.508 e. The average Bonchev–Trinajstić information content (AvgIpc) is 2.56. The smallest absolute Gasteiger partial charge is 0.115 e. The van der Waals surface area contributed by atoms with Gasteiger partial charge in [0.1, 0.15) is 5.75 Å². The fourth-order valence-corrected chi connectivity index (χ4v) is 1.67. The van der Waals surface area contributed by atoms with Crippen LogP contribution in [0.2, 0.25) is 0 Å². The summed E-state index contributed by atoms with van der Waals surface area (Å²) in [6, 6.07) is 7.53. The van der Waals surface area contributed by atoms with Crippen molar-refractivity contribution in [3.8, 4) is 5.75 Å². The van der Waals surface area contributed by atoms with Crippen molar-refractivity contribution in [2.24, 2.45) is 0 Å². The average molecular weight is 160 g/mol. The zero-order chi connectivity index (χ0) is 8.39. The monoisotopic (exact) mass is 160 g/mol. The summed E-state index contributed by atoms with van der Waals surface area (Å²) >= 11 is 0. The highest BCUT2D eigenvalue weighted by Crippen LogP contribution is 2.29. The number of rotatable bonds is 1. The number of allylic oxidation sites excluding steroid dienone is 2. The fraction of sp³-hybridized carbons (Fsp3) is 0.273. The zero-order valence-corrected chi connectivity index (χ0v) is 6.90. The van der Waals surface area contributed by atoms with E-state index in [1.54, 1.807) is 6.07 Å². The van der Waals surface area contributed by atoms with Gasteiger partial charge in [0.2, 0.25) is 0 Å². The first-order valence-corrected chi connectivity index (χ1v) is 4.32. The highest BCUT2D eigenvalue weighted by atomic mass is 16.3. The van der Waals surface area contributed by atoms with Crippen LogP contribution in [-0.4, -0.2) is 5.11 Å². The molecule has 0 bridgehead atoms. The maximum absolute atomic E-state index is 9.25. The Kier molecular flexibility index (Phi) is 1.86. The Hall–Kier alpha value is -1.24. The van der Waals surface area contributed by atoms with Gasteiger partial charge in [-0.1, -0.05) is 24.3 Å². The number of phenols is 1. The predicted octanol–water partition coefficient (Wildman–Crippen LogP) is 2.83. The van der Waals surface area contributed by atoms with Gasteiger partial charge in [-0.15, -0.1) is 0 Å². The van der Waals surface area contributed by atoms with Crippen LogP contribution in [0, 0.1) is 0 Å². The van der Waals surface area contributed by atoms with Crippen LogP contribution in [0.3, 0.4) is 0 Å². The van der Waals surface area contributed by atoms with Crippen molar-refractivity contribution in [3.05, 3.63) is 42.0 Å². The normalized spacial score (nSPS) is 21.5. The van der Waals surface area contributed by atoms with Crippen LogP contribution < -0.4 is 0 Å². The molecule has 1 atom stereocenters. The lowest BCUT2D eigenvalue weighted by molar-refractivity contribution is 0.474. The van der Waals surface area contributed by atoms with E-state index in [1.165, 1.54) is 18.4 Å². The van der Waals surface area contributed by atoms with E-state index < -0.39 is 0 Å². The molecule has 0 aromatic heterocycles. The van der Waals surface area contributed by atoms with Gasteiger partial charge in [0.25, 0.3) is 0 Å². The van der Waals surface area contributed by atoms with Gasteiger partial charge in [-0.25, -0.2) is 0 Å². The lowest BCUT2D eigenvalue weighted by Crippen LogP contribution is -1.89. The zero-order valence-electron chi connectivity index (χ0n) is 6.90. The van der Waals surface area contributed by atoms with Gasteiger partial charge >= 0.3 is 0 Å². The molecule has 0 heterocycles. The molecule has 0 saturated heterocycles. The molecule has 62 valence electrons. The van der Waals surface area contributed by atoms with Gasteiger partial charge in [0.15, 0.2) is 0 Å². The van der Waals surface area contributed by atoms with Crippen LogP contribution >= 0.6 is 0 Å². The Morgan fingerprint density at radius 1 is 1.33 bits per heavy atom. The van der Waals surface area contributed by atoms with Gasteiger partial charge in [-0.2, -0.15) is 0 Å². The van der Waals surface area contributed by atoms with E-state index in [-0.39, 0.29) is 0 Å². The first-order valence-electron chi connectivity index (χ1n) is 4.32. The molecule has 2 rings (SSSR count). The molecule has 1 aromatic rings. The van der Waals surface area contributed by atoms with Crippen molar-refractivity contribution in [2.45, 2.75) is 18.8 Å². The first kappa shape index (κ1) is 7.41. The van der Waals surface area contributed by atoms with E-state index in [2.05, 4.69) is 18.2 Å². The molecule has 0 amide bonds. The number of benzene rings is 1. The topological polar surface area (TPSA) is 20.2 Å². The molecular formula is C11H12O. The van der Waals surface area contributed by atoms with Crippen LogP contribution in [0.4, 0.5) is 0 Å². The quantitative estimate of drug-likeness (QED) is 0.626. The SMILES string of the molecule is Oc1cccc(C2C=CCC2)c1. The second-order valence-electron chi connectivity index (χ2n) is 3.21. The fourth-order valence-electron chi connectivity index (χ4n) is 1.67. The molecule has 1 aliphatic carbocycles. The van der Waals surface area contributed by atoms with Crippen LogP contribution in [0.1, 0.15) is 24.3 Å². The summed E-state index contributed by atoms with van der Waals surface area (Å²) in [6.07, 6.45) is 6.77. The molecule has 1 nitrogen and oxygen atoms in total. The maximum Gasteiger partial charge on any atom is 0.115 e. The van der Waals surface area contributed by atoms with Crippen LogP contribution in [-0.2, 0) is 0 Å². The van der Waals surface area contributed by atoms with Crippen molar-refractivity contribution in [3.63, 3.8) is 0 Å². The third-order valence-corrected chi connectivity index (χ3v) is 2.31. The van der Waals surface area contributed by atoms with Gasteiger partial charge in [-0.3, -0.25) is 0 Å². The van der Waals surface area contributed by atoms with Crippen LogP contribution in [0.5, 0.6) is 5.75 Å². The molecule has 0 aliphatic heterocycles. The highest BCUT2D eigenvalue weighted by molar-refractivity contribution is 5.32. The molecule has 0 radical (unpaired) electrons. The standard InChI is InChI=1S/C11H12O/c12-11-7-3-6-10(8-11)9-4-1-2-5-9/h1,3-4,6-9,12H,2,5H2. The predicted molar refractivity (Wildman–Crippen MR) is 49.2 cm³/mol. The van der Waals surface area contributed by atoms with Gasteiger partial charge in [0.05, 0.1) is 0 Å². The largest absolute Gasteiger partial charge is 0.508 e. The lowest BCUT2D eigenvalue weighted by atomic mass is 9.99. The Morgan fingerprint density at radius 3 is 2.92 bits per heavy atom. The van der Waals surface area contributed by atoms with Crippen molar-refractivity contribution < 1.29 is 5.11 Å². The Balaban J connectivity index is 2.27. The second-order valence-corrected chi connectivity index (χ2v) is 3.21. The summed E-state index contributed by atoms with van der Waals surface area (Å²) in [4.78, 5) is 0. The van der Waals surface area contributed by atoms with Crippen molar-refractivity contribution in [1.29, 1.82) is 0 Å². The van der Waals surface area contributed by atoms with E-state index in [9.17, 15) is 5.11 Å². The summed E-state index contributed by atoms with van der Waals surface area (Å²) in [5.74, 6) is 0.893. The molecule has 0 saturated carbocycles. The number of hydrogen-bond donors (Lipinski definition) is 1. The second kappa shape index (κ2) is 3.02. The molecule has 1 unspecified atom stereocenters. The van der Waals surface area contributed by atoms with Crippen LogP contribution in [0.15, 0.2) is 36.4 Å². The molecule has 12 heavy (non-hydrogen) atoms. The van der Waals surface area contributed by atoms with Crippen molar-refractivity contribution >= 4 is 0 Å². The highest BCUT2D eigenvalue weighted by Gasteiger charge is 2.11. The summed E-state index contributed by atoms with van der Waals surface area (Å²) in [5.41, 5.74) is 1.23. The molecule has 1 heteroatoms. The number of phenolic OH excluding ortho intramolecular Hbond substituents is 1. The Bertz CT molecular complexity index is 302. The third kappa shape index (κ3) is 1.35. The summed E-state index contributed by atoms with van der Waals surface area (Å²) in [7, 11) is 0.